The monoisotopic (exact) mass is 494 g/mol. The maximum atomic E-state index is 13.9. The molecular weight excluding hydrogens is 467 g/mol. The Kier molecular flexibility index (Phi) is 5.90. The first-order valence-corrected chi connectivity index (χ1v) is 13.1. The molecule has 0 saturated carbocycles. The summed E-state index contributed by atoms with van der Waals surface area (Å²) >= 11 is 0. The van der Waals surface area contributed by atoms with E-state index >= 15 is 0 Å². The number of rotatable bonds is 12. The summed E-state index contributed by atoms with van der Waals surface area (Å²) in [5, 5.41) is 0. The molecule has 8 heteroatoms. The van der Waals surface area contributed by atoms with Crippen LogP contribution in [0.3, 0.4) is 0 Å². The van der Waals surface area contributed by atoms with Crippen molar-refractivity contribution in [2.75, 3.05) is 39.6 Å². The van der Waals surface area contributed by atoms with Crippen molar-refractivity contribution in [3.05, 3.63) is 108 Å². The van der Waals surface area contributed by atoms with Crippen molar-refractivity contribution in [3.8, 4) is 0 Å². The first-order chi connectivity index (χ1) is 17.1. The van der Waals surface area contributed by atoms with Crippen molar-refractivity contribution < 1.29 is 32.3 Å². The highest BCUT2D eigenvalue weighted by Gasteiger charge is 2.53. The van der Waals surface area contributed by atoms with Crippen LogP contribution in [-0.2, 0) is 49.2 Å². The van der Waals surface area contributed by atoms with E-state index in [9.17, 15) is 4.57 Å². The fourth-order valence-corrected chi connectivity index (χ4v) is 5.47. The molecule has 0 bridgehead atoms. The van der Waals surface area contributed by atoms with Crippen molar-refractivity contribution in [3.63, 3.8) is 0 Å². The average Bonchev–Trinajstić information content (AvgIpc) is 3.81. The van der Waals surface area contributed by atoms with Crippen LogP contribution in [0.1, 0.15) is 16.7 Å². The Morgan fingerprint density at radius 2 is 0.800 bits per heavy atom. The van der Waals surface area contributed by atoms with Crippen LogP contribution in [0.4, 0.5) is 0 Å². The van der Waals surface area contributed by atoms with Gasteiger partial charge in [0.25, 0.3) is 0 Å². The Hall–Kier alpha value is -2.35. The molecule has 3 aromatic rings. The van der Waals surface area contributed by atoms with Gasteiger partial charge in [0.05, 0.1) is 39.6 Å². The minimum atomic E-state index is -3.99. The van der Waals surface area contributed by atoms with Crippen LogP contribution < -0.4 is 0 Å². The topological polar surface area (TPSA) is 82.4 Å². The van der Waals surface area contributed by atoms with Gasteiger partial charge in [0.2, 0.25) is 0 Å². The van der Waals surface area contributed by atoms with E-state index in [1.54, 1.807) is 0 Å². The number of phosphoric ester groups is 1. The molecule has 3 atom stereocenters. The maximum absolute atomic E-state index is 13.9. The highest BCUT2D eigenvalue weighted by atomic mass is 31.2. The molecule has 0 aliphatic carbocycles. The average molecular weight is 494 g/mol. The van der Waals surface area contributed by atoms with Crippen molar-refractivity contribution in [2.45, 2.75) is 16.8 Å². The highest BCUT2D eigenvalue weighted by molar-refractivity contribution is 7.48. The van der Waals surface area contributed by atoms with Gasteiger partial charge in [-0.15, -0.1) is 0 Å². The molecule has 0 amide bonds. The summed E-state index contributed by atoms with van der Waals surface area (Å²) in [6.07, 6.45) is 0. The van der Waals surface area contributed by atoms with Crippen molar-refractivity contribution in [1.82, 2.24) is 0 Å². The van der Waals surface area contributed by atoms with Crippen LogP contribution in [0, 0.1) is 0 Å². The van der Waals surface area contributed by atoms with Gasteiger partial charge in [-0.1, -0.05) is 91.0 Å². The first kappa shape index (κ1) is 23.1. The molecule has 0 spiro atoms. The molecule has 0 N–H and O–H groups in total. The highest BCUT2D eigenvalue weighted by Crippen LogP contribution is 2.56. The predicted molar refractivity (Wildman–Crippen MR) is 128 cm³/mol. The second-order valence-electron chi connectivity index (χ2n) is 9.21. The molecule has 3 aromatic carbocycles. The number of hydrogen-bond acceptors (Lipinski definition) is 7. The van der Waals surface area contributed by atoms with Gasteiger partial charge in [-0.3, -0.25) is 13.6 Å². The molecular formula is C27H27O7P. The van der Waals surface area contributed by atoms with Crippen LogP contribution in [0.2, 0.25) is 0 Å². The summed E-state index contributed by atoms with van der Waals surface area (Å²) in [7, 11) is -3.99. The summed E-state index contributed by atoms with van der Waals surface area (Å²) in [5.74, 6) is 0. The molecule has 0 aromatic heterocycles. The smallest absolute Gasteiger partial charge is 0.362 e. The largest absolute Gasteiger partial charge is 0.475 e. The van der Waals surface area contributed by atoms with Crippen molar-refractivity contribution in [1.29, 1.82) is 0 Å². The number of hydrogen-bond donors (Lipinski definition) is 0. The van der Waals surface area contributed by atoms with E-state index in [-0.39, 0.29) is 19.8 Å². The van der Waals surface area contributed by atoms with Crippen LogP contribution in [0.15, 0.2) is 91.0 Å². The lowest BCUT2D eigenvalue weighted by Gasteiger charge is -2.23. The summed E-state index contributed by atoms with van der Waals surface area (Å²) in [6.45, 7) is 1.58. The minimum absolute atomic E-state index is 0.0483. The first-order valence-electron chi connectivity index (χ1n) is 11.7. The van der Waals surface area contributed by atoms with Gasteiger partial charge in [0, 0.05) is 0 Å². The molecule has 3 heterocycles. The van der Waals surface area contributed by atoms with E-state index in [4.69, 9.17) is 27.8 Å². The third kappa shape index (κ3) is 4.86. The van der Waals surface area contributed by atoms with E-state index in [0.29, 0.717) is 19.8 Å². The fourth-order valence-electron chi connectivity index (χ4n) is 4.15. The predicted octanol–water partition coefficient (Wildman–Crippen LogP) is 4.92. The Bertz CT molecular complexity index is 1040. The Morgan fingerprint density at radius 3 is 1.03 bits per heavy atom. The summed E-state index contributed by atoms with van der Waals surface area (Å²) in [4.78, 5) is 0. The molecule has 3 aliphatic rings. The van der Waals surface area contributed by atoms with Crippen molar-refractivity contribution >= 4 is 7.82 Å². The molecule has 3 fully saturated rings. The molecule has 35 heavy (non-hydrogen) atoms. The fraction of sp³-hybridized carbons (Fsp3) is 0.333. The number of benzene rings is 3. The second kappa shape index (κ2) is 8.95. The molecule has 182 valence electrons. The molecule has 6 rings (SSSR count). The van der Waals surface area contributed by atoms with Crippen molar-refractivity contribution in [2.24, 2.45) is 0 Å². The van der Waals surface area contributed by atoms with E-state index in [0.717, 1.165) is 16.7 Å². The minimum Gasteiger partial charge on any atom is -0.362 e. The van der Waals surface area contributed by atoms with E-state index < -0.39 is 24.6 Å². The zero-order valence-corrected chi connectivity index (χ0v) is 20.1. The normalized spacial score (nSPS) is 30.4. The summed E-state index contributed by atoms with van der Waals surface area (Å²) < 4.78 is 48.8. The molecule has 7 nitrogen and oxygen atoms in total. The number of phosphoric acid groups is 1. The lowest BCUT2D eigenvalue weighted by atomic mass is 10.0. The number of ether oxygens (including phenoxy) is 3. The second-order valence-corrected chi connectivity index (χ2v) is 10.9. The zero-order chi connectivity index (χ0) is 23.8. The van der Waals surface area contributed by atoms with Crippen LogP contribution in [0.25, 0.3) is 0 Å². The molecule has 3 unspecified atom stereocenters. The number of epoxide rings is 3. The van der Waals surface area contributed by atoms with E-state index in [1.165, 1.54) is 0 Å². The standard InChI is InChI=1S/C27H27O7P/c28-35(32-19-25(16-29-25)22-10-4-1-5-11-22,33-20-26(17-30-26)23-12-6-2-7-13-23)34-21-27(18-31-27)24-14-8-3-9-15-24/h1-15H,16-21H2. The van der Waals surface area contributed by atoms with Crippen LogP contribution in [-0.4, -0.2) is 39.6 Å². The van der Waals surface area contributed by atoms with Gasteiger partial charge < -0.3 is 14.2 Å². The van der Waals surface area contributed by atoms with E-state index in [2.05, 4.69) is 0 Å². The van der Waals surface area contributed by atoms with Gasteiger partial charge in [-0.25, -0.2) is 4.57 Å². The summed E-state index contributed by atoms with van der Waals surface area (Å²) in [5.41, 5.74) is 0.940. The Morgan fingerprint density at radius 1 is 0.543 bits per heavy atom. The van der Waals surface area contributed by atoms with E-state index in [1.807, 2.05) is 91.0 Å². The zero-order valence-electron chi connectivity index (χ0n) is 19.2. The van der Waals surface area contributed by atoms with Crippen LogP contribution in [0.5, 0.6) is 0 Å². The lowest BCUT2D eigenvalue weighted by molar-refractivity contribution is 0.0578. The summed E-state index contributed by atoms with van der Waals surface area (Å²) in [6, 6.07) is 29.2. The Balaban J connectivity index is 1.18. The third-order valence-corrected chi connectivity index (χ3v) is 8.08. The molecule has 0 radical (unpaired) electrons. The van der Waals surface area contributed by atoms with Gasteiger partial charge in [0.15, 0.2) is 0 Å². The molecule has 3 saturated heterocycles. The molecule has 3 aliphatic heterocycles. The van der Waals surface area contributed by atoms with Gasteiger partial charge in [-0.05, 0) is 16.7 Å². The van der Waals surface area contributed by atoms with Crippen LogP contribution >= 0.6 is 7.82 Å². The SMILES string of the molecule is O=P(OCC1(c2ccccc2)CO1)(OCC1(c2ccccc2)CO1)OCC1(c2ccccc2)CO1. The lowest BCUT2D eigenvalue weighted by Crippen LogP contribution is -2.23. The third-order valence-electron chi connectivity index (χ3n) is 6.75. The quantitative estimate of drug-likeness (QED) is 0.261. The van der Waals surface area contributed by atoms with Gasteiger partial charge in [0.1, 0.15) is 16.8 Å². The van der Waals surface area contributed by atoms with Gasteiger partial charge in [-0.2, -0.15) is 0 Å². The maximum Gasteiger partial charge on any atom is 0.475 e. The van der Waals surface area contributed by atoms with Gasteiger partial charge >= 0.3 is 7.82 Å². The Labute approximate surface area is 204 Å².